The first-order chi connectivity index (χ1) is 8.07. The number of carbonyl (C=O) groups excluding carboxylic acids is 1. The van der Waals surface area contributed by atoms with Gasteiger partial charge < -0.3 is 15.4 Å². The lowest BCUT2D eigenvalue weighted by atomic mass is 10.0. The number of ether oxygens (including phenoxy) is 1. The summed E-state index contributed by atoms with van der Waals surface area (Å²) in [6.45, 7) is 4.33. The number of amides is 1. The average molecular weight is 319 g/mol. The Labute approximate surface area is 113 Å². The van der Waals surface area contributed by atoms with Crippen LogP contribution in [0.15, 0.2) is 15.9 Å². The zero-order valence-corrected chi connectivity index (χ0v) is 12.0. The summed E-state index contributed by atoms with van der Waals surface area (Å²) >= 11 is 5.01. The van der Waals surface area contributed by atoms with E-state index >= 15 is 0 Å². The van der Waals surface area contributed by atoms with E-state index < -0.39 is 0 Å². The Bertz CT molecular complexity index is 404. The van der Waals surface area contributed by atoms with Crippen molar-refractivity contribution in [3.8, 4) is 0 Å². The fourth-order valence-electron chi connectivity index (χ4n) is 1.50. The predicted molar refractivity (Wildman–Crippen MR) is 71.1 cm³/mol. The minimum atomic E-state index is -0.163. The molecule has 0 radical (unpaired) electrons. The molecule has 1 aliphatic rings. The van der Waals surface area contributed by atoms with Crippen molar-refractivity contribution < 1.29 is 9.53 Å². The highest BCUT2D eigenvalue weighted by Gasteiger charge is 2.32. The molecule has 0 atom stereocenters. The number of thiophene rings is 1. The molecule has 1 saturated heterocycles. The van der Waals surface area contributed by atoms with E-state index in [1.165, 1.54) is 0 Å². The van der Waals surface area contributed by atoms with Crippen LogP contribution in [0.4, 0.5) is 0 Å². The molecule has 4 nitrogen and oxygen atoms in total. The lowest BCUT2D eigenvalue weighted by molar-refractivity contribution is -0.135. The van der Waals surface area contributed by atoms with Crippen LogP contribution in [0.2, 0.25) is 0 Å². The van der Waals surface area contributed by atoms with Gasteiger partial charge in [-0.2, -0.15) is 0 Å². The lowest BCUT2D eigenvalue weighted by Crippen LogP contribution is -2.59. The maximum atomic E-state index is 11.5. The van der Waals surface area contributed by atoms with Crippen molar-refractivity contribution in [3.63, 3.8) is 0 Å². The van der Waals surface area contributed by atoms with Crippen LogP contribution in [0.1, 0.15) is 11.8 Å². The quantitative estimate of drug-likeness (QED) is 0.865. The Balaban J connectivity index is 1.67. The Morgan fingerprint density at radius 3 is 2.94 bits per heavy atom. The van der Waals surface area contributed by atoms with E-state index in [2.05, 4.69) is 26.6 Å². The van der Waals surface area contributed by atoms with Crippen molar-refractivity contribution in [1.82, 2.24) is 10.6 Å². The van der Waals surface area contributed by atoms with Crippen LogP contribution in [0.5, 0.6) is 0 Å². The molecule has 2 N–H and O–H groups in total. The molecule has 1 aromatic heterocycles. The summed E-state index contributed by atoms with van der Waals surface area (Å²) in [6.07, 6.45) is 0. The minimum Gasteiger partial charge on any atom is -0.363 e. The second-order valence-electron chi connectivity index (χ2n) is 4.32. The highest BCUT2D eigenvalue weighted by molar-refractivity contribution is 9.11. The van der Waals surface area contributed by atoms with E-state index in [-0.39, 0.29) is 18.1 Å². The van der Waals surface area contributed by atoms with Crippen molar-refractivity contribution in [2.24, 2.45) is 0 Å². The predicted octanol–water partition coefficient (Wildman–Crippen LogP) is 1.51. The zero-order chi connectivity index (χ0) is 12.3. The van der Waals surface area contributed by atoms with Crippen molar-refractivity contribution in [2.45, 2.75) is 19.1 Å². The number of halogens is 1. The summed E-state index contributed by atoms with van der Waals surface area (Å²) in [5.74, 6) is -0.0670. The van der Waals surface area contributed by atoms with E-state index in [9.17, 15) is 4.79 Å². The van der Waals surface area contributed by atoms with Gasteiger partial charge in [-0.15, -0.1) is 11.3 Å². The number of nitrogens with one attached hydrogen (secondary N) is 2. The third-order valence-corrected chi connectivity index (χ3v) is 4.26. The molecule has 1 aromatic rings. The van der Waals surface area contributed by atoms with Crippen molar-refractivity contribution in [1.29, 1.82) is 0 Å². The Morgan fingerprint density at radius 1 is 1.65 bits per heavy atom. The standard InChI is InChI=1S/C11H15BrN2O2S/c1-11(6-13-7-11)16-5-10(15)14-4-8-2-3-9(12)17-8/h2-3,13H,4-7H2,1H3,(H,14,15). The van der Waals surface area contributed by atoms with Gasteiger partial charge in [0.05, 0.1) is 15.9 Å². The average Bonchev–Trinajstić information content (AvgIpc) is 2.67. The van der Waals surface area contributed by atoms with Crippen LogP contribution < -0.4 is 10.6 Å². The number of carbonyl (C=O) groups is 1. The van der Waals surface area contributed by atoms with Gasteiger partial charge in [0.15, 0.2) is 0 Å². The number of hydrogen-bond donors (Lipinski definition) is 2. The summed E-state index contributed by atoms with van der Waals surface area (Å²) in [5, 5.41) is 5.96. The number of rotatable bonds is 5. The van der Waals surface area contributed by atoms with E-state index in [4.69, 9.17) is 4.74 Å². The van der Waals surface area contributed by atoms with Crippen molar-refractivity contribution >= 4 is 33.2 Å². The van der Waals surface area contributed by atoms with Crippen LogP contribution >= 0.6 is 27.3 Å². The first-order valence-corrected chi connectivity index (χ1v) is 7.04. The van der Waals surface area contributed by atoms with Crippen molar-refractivity contribution in [2.75, 3.05) is 19.7 Å². The van der Waals surface area contributed by atoms with Gasteiger partial charge in [-0.05, 0) is 35.0 Å². The molecule has 6 heteroatoms. The highest BCUT2D eigenvalue weighted by Crippen LogP contribution is 2.21. The third-order valence-electron chi connectivity index (χ3n) is 2.64. The van der Waals surface area contributed by atoms with Gasteiger partial charge in [-0.25, -0.2) is 0 Å². The van der Waals surface area contributed by atoms with E-state index in [0.717, 1.165) is 21.8 Å². The van der Waals surface area contributed by atoms with Gasteiger partial charge in [0, 0.05) is 18.0 Å². The topological polar surface area (TPSA) is 50.4 Å². The lowest BCUT2D eigenvalue weighted by Gasteiger charge is -2.38. The normalized spacial score (nSPS) is 17.5. The molecule has 0 aromatic carbocycles. The largest absolute Gasteiger partial charge is 0.363 e. The van der Waals surface area contributed by atoms with Gasteiger partial charge in [0.25, 0.3) is 0 Å². The van der Waals surface area contributed by atoms with Gasteiger partial charge in [0.1, 0.15) is 6.61 Å². The summed E-state index contributed by atoms with van der Waals surface area (Å²) < 4.78 is 6.62. The second-order valence-corrected chi connectivity index (χ2v) is 6.87. The first-order valence-electron chi connectivity index (χ1n) is 5.43. The third kappa shape index (κ3) is 3.77. The van der Waals surface area contributed by atoms with Crippen LogP contribution in [0.25, 0.3) is 0 Å². The summed E-state index contributed by atoms with van der Waals surface area (Å²) in [7, 11) is 0. The molecule has 0 spiro atoms. The Morgan fingerprint density at radius 2 is 2.41 bits per heavy atom. The molecule has 0 unspecified atom stereocenters. The molecule has 1 amide bonds. The monoisotopic (exact) mass is 318 g/mol. The van der Waals surface area contributed by atoms with E-state index in [1.54, 1.807) is 11.3 Å². The van der Waals surface area contributed by atoms with Gasteiger partial charge in [-0.3, -0.25) is 4.79 Å². The van der Waals surface area contributed by atoms with Crippen LogP contribution in [-0.4, -0.2) is 31.2 Å². The molecular formula is C11H15BrN2O2S. The molecule has 1 aliphatic heterocycles. The molecule has 2 rings (SSSR count). The molecule has 1 fully saturated rings. The molecular weight excluding hydrogens is 304 g/mol. The Kier molecular flexibility index (Phi) is 4.19. The van der Waals surface area contributed by atoms with Gasteiger partial charge in [0.2, 0.25) is 5.91 Å². The maximum Gasteiger partial charge on any atom is 0.246 e. The molecule has 0 aliphatic carbocycles. The molecule has 2 heterocycles. The van der Waals surface area contributed by atoms with Gasteiger partial charge in [-0.1, -0.05) is 0 Å². The minimum absolute atomic E-state index is 0.0670. The van der Waals surface area contributed by atoms with Crippen LogP contribution in [-0.2, 0) is 16.1 Å². The van der Waals surface area contributed by atoms with E-state index in [1.807, 2.05) is 19.1 Å². The summed E-state index contributed by atoms with van der Waals surface area (Å²) in [4.78, 5) is 12.7. The molecule has 0 bridgehead atoms. The fraction of sp³-hybridized carbons (Fsp3) is 0.545. The molecule has 0 saturated carbocycles. The van der Waals surface area contributed by atoms with Crippen LogP contribution in [0.3, 0.4) is 0 Å². The molecule has 94 valence electrons. The number of hydrogen-bond acceptors (Lipinski definition) is 4. The SMILES string of the molecule is CC1(OCC(=O)NCc2ccc(Br)s2)CNC1. The van der Waals surface area contributed by atoms with Crippen molar-refractivity contribution in [3.05, 3.63) is 20.8 Å². The molecule has 17 heavy (non-hydrogen) atoms. The zero-order valence-electron chi connectivity index (χ0n) is 9.59. The van der Waals surface area contributed by atoms with Crippen LogP contribution in [0, 0.1) is 0 Å². The Hall–Kier alpha value is -0.430. The van der Waals surface area contributed by atoms with E-state index in [0.29, 0.717) is 6.54 Å². The first kappa shape index (κ1) is 13.0. The second kappa shape index (κ2) is 5.48. The summed E-state index contributed by atoms with van der Waals surface area (Å²) in [5.41, 5.74) is -0.163. The summed E-state index contributed by atoms with van der Waals surface area (Å²) in [6, 6.07) is 3.97. The van der Waals surface area contributed by atoms with Gasteiger partial charge >= 0.3 is 0 Å². The maximum absolute atomic E-state index is 11.5. The highest BCUT2D eigenvalue weighted by atomic mass is 79.9. The fourth-order valence-corrected chi connectivity index (χ4v) is 2.93. The smallest absolute Gasteiger partial charge is 0.246 e.